The minimum Gasteiger partial charge on any atom is -0.289 e. The van der Waals surface area contributed by atoms with Crippen LogP contribution in [-0.2, 0) is 0 Å². The number of nitrogens with zero attached hydrogens (tertiary/aromatic N) is 1. The van der Waals surface area contributed by atoms with Gasteiger partial charge in [-0.1, -0.05) is 46.9 Å². The fourth-order valence-electron chi connectivity index (χ4n) is 3.00. The fraction of sp³-hybridized carbons (Fsp3) is 0. The number of pyridine rings is 1. The SMILES string of the molecule is O=C(c1ccc(Cl)cc1)c1ccc2nc(Cl)cc(-c3cccc(Cl)c3)c2c1. The summed E-state index contributed by atoms with van der Waals surface area (Å²) in [5, 5.41) is 2.44. The van der Waals surface area contributed by atoms with E-state index in [0.717, 1.165) is 16.5 Å². The van der Waals surface area contributed by atoms with E-state index < -0.39 is 0 Å². The van der Waals surface area contributed by atoms with E-state index in [0.29, 0.717) is 31.8 Å². The number of hydrogen-bond donors (Lipinski definition) is 0. The first-order valence-corrected chi connectivity index (χ1v) is 9.31. The van der Waals surface area contributed by atoms with Crippen molar-refractivity contribution in [2.45, 2.75) is 0 Å². The van der Waals surface area contributed by atoms with Gasteiger partial charge < -0.3 is 0 Å². The Hall–Kier alpha value is -2.39. The van der Waals surface area contributed by atoms with Gasteiger partial charge in [-0.2, -0.15) is 0 Å². The van der Waals surface area contributed by atoms with Crippen molar-refractivity contribution >= 4 is 51.5 Å². The second-order valence-corrected chi connectivity index (χ2v) is 7.33. The van der Waals surface area contributed by atoms with E-state index in [-0.39, 0.29) is 5.78 Å². The highest BCUT2D eigenvalue weighted by atomic mass is 35.5. The van der Waals surface area contributed by atoms with Crippen molar-refractivity contribution in [1.29, 1.82) is 0 Å². The highest BCUT2D eigenvalue weighted by Gasteiger charge is 2.13. The van der Waals surface area contributed by atoms with E-state index in [9.17, 15) is 4.79 Å². The van der Waals surface area contributed by atoms with Crippen LogP contribution in [0.25, 0.3) is 22.0 Å². The van der Waals surface area contributed by atoms with Gasteiger partial charge in [0.2, 0.25) is 0 Å². The number of hydrogen-bond acceptors (Lipinski definition) is 2. The van der Waals surface area contributed by atoms with E-state index in [1.165, 1.54) is 0 Å². The summed E-state index contributed by atoms with van der Waals surface area (Å²) in [6.45, 7) is 0. The van der Waals surface area contributed by atoms with Crippen LogP contribution in [0, 0.1) is 0 Å². The average Bonchev–Trinajstić information content (AvgIpc) is 2.67. The van der Waals surface area contributed by atoms with E-state index in [1.54, 1.807) is 42.5 Å². The molecule has 0 radical (unpaired) electrons. The molecule has 0 aliphatic carbocycles. The van der Waals surface area contributed by atoms with Gasteiger partial charge in [0.25, 0.3) is 0 Å². The normalized spacial score (nSPS) is 10.9. The van der Waals surface area contributed by atoms with Gasteiger partial charge in [-0.15, -0.1) is 0 Å². The van der Waals surface area contributed by atoms with Crippen LogP contribution in [0.4, 0.5) is 0 Å². The third-order valence-electron chi connectivity index (χ3n) is 4.28. The predicted octanol–water partition coefficient (Wildman–Crippen LogP) is 7.09. The zero-order valence-electron chi connectivity index (χ0n) is 13.9. The molecule has 0 unspecified atom stereocenters. The molecule has 0 amide bonds. The summed E-state index contributed by atoms with van der Waals surface area (Å²) in [5.41, 5.74) is 3.64. The molecular weight excluding hydrogens is 401 g/mol. The van der Waals surface area contributed by atoms with Gasteiger partial charge in [0, 0.05) is 26.6 Å². The molecule has 0 saturated carbocycles. The topological polar surface area (TPSA) is 30.0 Å². The molecule has 0 N–H and O–H groups in total. The Labute approximate surface area is 171 Å². The number of halogens is 3. The lowest BCUT2D eigenvalue weighted by Crippen LogP contribution is -2.01. The second-order valence-electron chi connectivity index (χ2n) is 6.07. The maximum Gasteiger partial charge on any atom is 0.193 e. The molecule has 1 aromatic heterocycles. The minimum absolute atomic E-state index is 0.0828. The smallest absolute Gasteiger partial charge is 0.193 e. The first kappa shape index (κ1) is 18.0. The largest absolute Gasteiger partial charge is 0.289 e. The van der Waals surface area contributed by atoms with Crippen molar-refractivity contribution in [3.8, 4) is 11.1 Å². The highest BCUT2D eigenvalue weighted by Crippen LogP contribution is 2.32. The third-order valence-corrected chi connectivity index (χ3v) is 4.96. The Morgan fingerprint density at radius 2 is 1.48 bits per heavy atom. The summed E-state index contributed by atoms with van der Waals surface area (Å²) < 4.78 is 0. The summed E-state index contributed by atoms with van der Waals surface area (Å²) in [6.07, 6.45) is 0. The molecule has 5 heteroatoms. The average molecular weight is 413 g/mol. The van der Waals surface area contributed by atoms with E-state index in [2.05, 4.69) is 4.98 Å². The number of carbonyl (C=O) groups is 1. The number of rotatable bonds is 3. The van der Waals surface area contributed by atoms with Gasteiger partial charge >= 0.3 is 0 Å². The van der Waals surface area contributed by atoms with Gasteiger partial charge in [0.15, 0.2) is 5.78 Å². The third kappa shape index (κ3) is 3.70. The number of carbonyl (C=O) groups excluding carboxylic acids is 1. The van der Waals surface area contributed by atoms with Crippen LogP contribution in [-0.4, -0.2) is 10.8 Å². The van der Waals surface area contributed by atoms with Crippen LogP contribution in [0.15, 0.2) is 72.8 Å². The molecule has 27 heavy (non-hydrogen) atoms. The molecule has 4 rings (SSSR count). The quantitative estimate of drug-likeness (QED) is 0.265. The molecule has 0 bridgehead atoms. The molecule has 132 valence electrons. The number of ketones is 1. The maximum atomic E-state index is 12.9. The Morgan fingerprint density at radius 3 is 2.22 bits per heavy atom. The molecular formula is C22H12Cl3NO. The molecule has 0 fully saturated rings. The summed E-state index contributed by atoms with van der Waals surface area (Å²) >= 11 is 18.3. The van der Waals surface area contributed by atoms with Crippen LogP contribution in [0.5, 0.6) is 0 Å². The maximum absolute atomic E-state index is 12.9. The Balaban J connectivity index is 1.88. The molecule has 4 aromatic rings. The number of fused-ring (bicyclic) bond motifs is 1. The number of benzene rings is 3. The van der Waals surface area contributed by atoms with Crippen LogP contribution in [0.1, 0.15) is 15.9 Å². The molecule has 3 aromatic carbocycles. The van der Waals surface area contributed by atoms with Gasteiger partial charge in [-0.05, 0) is 71.8 Å². The van der Waals surface area contributed by atoms with E-state index in [4.69, 9.17) is 34.8 Å². The van der Waals surface area contributed by atoms with Crippen molar-refractivity contribution in [3.63, 3.8) is 0 Å². The molecule has 0 spiro atoms. The number of aromatic nitrogens is 1. The van der Waals surface area contributed by atoms with Crippen molar-refractivity contribution in [2.75, 3.05) is 0 Å². The molecule has 2 nitrogen and oxygen atoms in total. The molecule has 0 aliphatic rings. The Kier molecular flexibility index (Phi) is 4.88. The summed E-state index contributed by atoms with van der Waals surface area (Å²) in [6, 6.07) is 21.5. The van der Waals surface area contributed by atoms with Crippen LogP contribution < -0.4 is 0 Å². The van der Waals surface area contributed by atoms with Gasteiger partial charge in [-0.3, -0.25) is 4.79 Å². The molecule has 0 saturated heterocycles. The van der Waals surface area contributed by atoms with Crippen molar-refractivity contribution in [2.24, 2.45) is 0 Å². The lowest BCUT2D eigenvalue weighted by Gasteiger charge is -2.10. The first-order chi connectivity index (χ1) is 13.0. The minimum atomic E-state index is -0.0828. The van der Waals surface area contributed by atoms with Crippen molar-refractivity contribution in [1.82, 2.24) is 4.98 Å². The molecule has 1 heterocycles. The predicted molar refractivity (Wildman–Crippen MR) is 112 cm³/mol. The van der Waals surface area contributed by atoms with Crippen molar-refractivity contribution in [3.05, 3.63) is 99.1 Å². The monoisotopic (exact) mass is 411 g/mol. The first-order valence-electron chi connectivity index (χ1n) is 8.18. The van der Waals surface area contributed by atoms with Crippen LogP contribution >= 0.6 is 34.8 Å². The highest BCUT2D eigenvalue weighted by molar-refractivity contribution is 6.31. The molecule has 0 atom stereocenters. The Morgan fingerprint density at radius 1 is 0.741 bits per heavy atom. The van der Waals surface area contributed by atoms with E-state index >= 15 is 0 Å². The summed E-state index contributed by atoms with van der Waals surface area (Å²) in [4.78, 5) is 17.2. The zero-order valence-corrected chi connectivity index (χ0v) is 16.2. The van der Waals surface area contributed by atoms with Gasteiger partial charge in [-0.25, -0.2) is 4.98 Å². The summed E-state index contributed by atoms with van der Waals surface area (Å²) in [5.74, 6) is -0.0828. The summed E-state index contributed by atoms with van der Waals surface area (Å²) in [7, 11) is 0. The van der Waals surface area contributed by atoms with Crippen LogP contribution in [0.2, 0.25) is 15.2 Å². The van der Waals surface area contributed by atoms with Gasteiger partial charge in [0.1, 0.15) is 5.15 Å². The lowest BCUT2D eigenvalue weighted by atomic mass is 9.97. The standard InChI is InChI=1S/C22H12Cl3NO/c23-16-7-4-13(5-8-16)22(27)15-6-9-20-19(11-15)18(12-21(25)26-20)14-2-1-3-17(24)10-14/h1-12H. The van der Waals surface area contributed by atoms with E-state index in [1.807, 2.05) is 30.3 Å². The zero-order chi connectivity index (χ0) is 19.0. The lowest BCUT2D eigenvalue weighted by molar-refractivity contribution is 0.103. The fourth-order valence-corrected chi connectivity index (χ4v) is 3.51. The van der Waals surface area contributed by atoms with Gasteiger partial charge in [0.05, 0.1) is 5.52 Å². The Bertz CT molecular complexity index is 1170. The van der Waals surface area contributed by atoms with Crippen molar-refractivity contribution < 1.29 is 4.79 Å². The molecule has 0 aliphatic heterocycles. The van der Waals surface area contributed by atoms with Crippen LogP contribution in [0.3, 0.4) is 0 Å². The second kappa shape index (κ2) is 7.32.